The van der Waals surface area contributed by atoms with Crippen molar-refractivity contribution in [3.8, 4) is 28.1 Å². The van der Waals surface area contributed by atoms with Gasteiger partial charge in [-0.15, -0.1) is 0 Å². The van der Waals surface area contributed by atoms with Crippen LogP contribution in [0.2, 0.25) is 0 Å². The van der Waals surface area contributed by atoms with Crippen molar-refractivity contribution in [2.24, 2.45) is 0 Å². The first kappa shape index (κ1) is 17.1. The van der Waals surface area contributed by atoms with Crippen LogP contribution in [0.3, 0.4) is 0 Å². The van der Waals surface area contributed by atoms with Gasteiger partial charge in [-0.05, 0) is 53.6 Å². The number of anilines is 1. The lowest BCUT2D eigenvalue weighted by Crippen LogP contribution is -1.99. The summed E-state index contributed by atoms with van der Waals surface area (Å²) >= 11 is 7.01. The Morgan fingerprint density at radius 2 is 1.23 bits per heavy atom. The number of nitrogen functional groups attached to an aromatic ring is 1. The van der Waals surface area contributed by atoms with Gasteiger partial charge in [0.2, 0.25) is 0 Å². The van der Waals surface area contributed by atoms with E-state index in [1.54, 1.807) is 0 Å². The molecule has 4 heteroatoms. The topological polar surface area (TPSA) is 30.9 Å². The van der Waals surface area contributed by atoms with E-state index in [0.29, 0.717) is 0 Å². The van der Waals surface area contributed by atoms with Crippen LogP contribution in [0.25, 0.3) is 28.1 Å². The molecule has 2 N–H and O–H groups in total. The van der Waals surface area contributed by atoms with Gasteiger partial charge in [0.05, 0.1) is 17.1 Å². The number of nitrogens with two attached hydrogens (primary N) is 1. The van der Waals surface area contributed by atoms with Crippen LogP contribution in [0.5, 0.6) is 0 Å². The molecule has 0 saturated carbocycles. The second-order valence-corrected chi connectivity index (χ2v) is 7.89. The first-order valence-electron chi connectivity index (χ1n) is 8.21. The molecule has 0 saturated heterocycles. The maximum atomic E-state index is 6.26. The summed E-state index contributed by atoms with van der Waals surface area (Å²) in [6, 6.07) is 26.8. The van der Waals surface area contributed by atoms with E-state index in [1.807, 2.05) is 24.3 Å². The molecule has 0 bridgehead atoms. The molecule has 0 fully saturated rings. The molecule has 0 amide bonds. The Morgan fingerprint density at radius 3 is 1.85 bits per heavy atom. The summed E-state index contributed by atoms with van der Waals surface area (Å²) in [6.45, 7) is 0. The molecule has 1 heterocycles. The monoisotopic (exact) mass is 466 g/mol. The maximum Gasteiger partial charge on any atom is 0.0686 e. The van der Waals surface area contributed by atoms with Crippen LogP contribution in [0, 0.1) is 0 Å². The van der Waals surface area contributed by atoms with Gasteiger partial charge in [-0.2, -0.15) is 0 Å². The van der Waals surface area contributed by atoms with Gasteiger partial charge in [-0.3, -0.25) is 0 Å². The predicted octanol–water partition coefficient (Wildman–Crippen LogP) is 6.92. The Labute approximate surface area is 169 Å². The van der Waals surface area contributed by atoms with E-state index in [0.717, 1.165) is 37.1 Å². The van der Waals surface area contributed by atoms with Gasteiger partial charge in [-0.25, -0.2) is 0 Å². The van der Waals surface area contributed by atoms with Crippen LogP contribution < -0.4 is 5.73 Å². The van der Waals surface area contributed by atoms with E-state index in [2.05, 4.69) is 97.2 Å². The van der Waals surface area contributed by atoms with Crippen molar-refractivity contribution < 1.29 is 0 Å². The van der Waals surface area contributed by atoms with Gasteiger partial charge in [0.1, 0.15) is 0 Å². The summed E-state index contributed by atoms with van der Waals surface area (Å²) in [7, 11) is 0. The van der Waals surface area contributed by atoms with E-state index in [-0.39, 0.29) is 0 Å². The lowest BCUT2D eigenvalue weighted by molar-refractivity contribution is 1.09. The van der Waals surface area contributed by atoms with Gasteiger partial charge in [0.25, 0.3) is 0 Å². The lowest BCUT2D eigenvalue weighted by atomic mass is 10.1. The molecule has 0 aliphatic carbocycles. The summed E-state index contributed by atoms with van der Waals surface area (Å²) in [4.78, 5) is 0. The summed E-state index contributed by atoms with van der Waals surface area (Å²) in [5.74, 6) is 0. The van der Waals surface area contributed by atoms with Gasteiger partial charge >= 0.3 is 0 Å². The van der Waals surface area contributed by atoms with Crippen LogP contribution in [0.4, 0.5) is 5.69 Å². The zero-order valence-corrected chi connectivity index (χ0v) is 17.0. The zero-order chi connectivity index (χ0) is 18.1. The normalized spacial score (nSPS) is 10.8. The van der Waals surface area contributed by atoms with Crippen LogP contribution in [0.15, 0.2) is 94.0 Å². The molecule has 0 aliphatic rings. The minimum atomic E-state index is 0.754. The fourth-order valence-corrected chi connectivity index (χ4v) is 3.54. The first-order valence-corrected chi connectivity index (χ1v) is 9.79. The summed E-state index contributed by atoms with van der Waals surface area (Å²) in [6.07, 6.45) is 2.15. The highest BCUT2D eigenvalue weighted by Crippen LogP contribution is 2.33. The minimum absolute atomic E-state index is 0.754. The number of halogens is 2. The van der Waals surface area contributed by atoms with Crippen LogP contribution >= 0.6 is 31.9 Å². The van der Waals surface area contributed by atoms with E-state index in [4.69, 9.17) is 5.73 Å². The number of hydrogen-bond donors (Lipinski definition) is 1. The molecule has 26 heavy (non-hydrogen) atoms. The molecule has 4 rings (SSSR count). The molecule has 0 aliphatic heterocycles. The Hall–Kier alpha value is -2.30. The third-order valence-electron chi connectivity index (χ3n) is 4.33. The average Bonchev–Trinajstić information content (AvgIpc) is 3.08. The van der Waals surface area contributed by atoms with Gasteiger partial charge in [-0.1, -0.05) is 68.3 Å². The highest BCUT2D eigenvalue weighted by Gasteiger charge is 2.13. The standard InChI is InChI=1S/C22H16Br2N2/c23-18-9-5-15(6-10-18)17-13-22(16-7-11-19(24)12-8-16)26(14-17)21-4-2-1-3-20(21)25/h1-14H,25H2. The highest BCUT2D eigenvalue weighted by atomic mass is 79.9. The summed E-state index contributed by atoms with van der Waals surface area (Å²) in [5, 5.41) is 0. The van der Waals surface area contributed by atoms with Crippen molar-refractivity contribution in [3.05, 3.63) is 94.0 Å². The average molecular weight is 468 g/mol. The van der Waals surface area contributed by atoms with Crippen molar-refractivity contribution in [1.29, 1.82) is 0 Å². The molecular weight excluding hydrogens is 452 g/mol. The quantitative estimate of drug-likeness (QED) is 0.325. The number of benzene rings is 3. The third-order valence-corrected chi connectivity index (χ3v) is 5.39. The maximum absolute atomic E-state index is 6.26. The molecule has 0 radical (unpaired) electrons. The summed E-state index contributed by atoms with van der Waals surface area (Å²) in [5.41, 5.74) is 12.6. The van der Waals surface area contributed by atoms with E-state index >= 15 is 0 Å². The van der Waals surface area contributed by atoms with Gasteiger partial charge < -0.3 is 10.3 Å². The van der Waals surface area contributed by atoms with E-state index in [1.165, 1.54) is 5.56 Å². The fraction of sp³-hybridized carbons (Fsp3) is 0. The number of para-hydroxylation sites is 2. The molecule has 128 valence electrons. The molecule has 4 aromatic rings. The molecule has 1 aromatic heterocycles. The second kappa shape index (κ2) is 7.14. The van der Waals surface area contributed by atoms with Crippen molar-refractivity contribution in [1.82, 2.24) is 4.57 Å². The minimum Gasteiger partial charge on any atom is -0.397 e. The third kappa shape index (κ3) is 3.35. The molecule has 0 spiro atoms. The number of hydrogen-bond acceptors (Lipinski definition) is 1. The molecule has 3 aromatic carbocycles. The van der Waals surface area contributed by atoms with Crippen molar-refractivity contribution in [2.75, 3.05) is 5.73 Å². The Morgan fingerprint density at radius 1 is 0.654 bits per heavy atom. The van der Waals surface area contributed by atoms with Crippen LogP contribution in [-0.2, 0) is 0 Å². The lowest BCUT2D eigenvalue weighted by Gasteiger charge is -2.12. The predicted molar refractivity (Wildman–Crippen MR) is 116 cm³/mol. The molecule has 2 nitrogen and oxygen atoms in total. The Balaban J connectivity index is 1.92. The van der Waals surface area contributed by atoms with Crippen LogP contribution in [0.1, 0.15) is 0 Å². The number of aromatic nitrogens is 1. The highest BCUT2D eigenvalue weighted by molar-refractivity contribution is 9.10. The molecule has 0 atom stereocenters. The molecular formula is C22H16Br2N2. The number of rotatable bonds is 3. The van der Waals surface area contributed by atoms with Crippen molar-refractivity contribution in [2.45, 2.75) is 0 Å². The second-order valence-electron chi connectivity index (χ2n) is 6.06. The smallest absolute Gasteiger partial charge is 0.0686 e. The largest absolute Gasteiger partial charge is 0.397 e. The zero-order valence-electron chi connectivity index (χ0n) is 13.9. The van der Waals surface area contributed by atoms with Gasteiger partial charge in [0, 0.05) is 20.7 Å². The van der Waals surface area contributed by atoms with E-state index in [9.17, 15) is 0 Å². The van der Waals surface area contributed by atoms with E-state index < -0.39 is 0 Å². The fourth-order valence-electron chi connectivity index (χ4n) is 3.01. The van der Waals surface area contributed by atoms with Gasteiger partial charge in [0.15, 0.2) is 0 Å². The Bertz CT molecular complexity index is 1050. The molecule has 0 unspecified atom stereocenters. The van der Waals surface area contributed by atoms with Crippen molar-refractivity contribution >= 4 is 37.5 Å². The SMILES string of the molecule is Nc1ccccc1-n1cc(-c2ccc(Br)cc2)cc1-c1ccc(Br)cc1. The van der Waals surface area contributed by atoms with Crippen LogP contribution in [-0.4, -0.2) is 4.57 Å². The Kier molecular flexibility index (Phi) is 4.70. The first-order chi connectivity index (χ1) is 12.6. The van der Waals surface area contributed by atoms with Crippen molar-refractivity contribution in [3.63, 3.8) is 0 Å². The summed E-state index contributed by atoms with van der Waals surface area (Å²) < 4.78 is 4.29. The number of nitrogens with zero attached hydrogens (tertiary/aromatic N) is 1.